The van der Waals surface area contributed by atoms with Gasteiger partial charge in [0.2, 0.25) is 0 Å². The van der Waals surface area contributed by atoms with Crippen LogP contribution in [0.4, 0.5) is 5.82 Å². The van der Waals surface area contributed by atoms with E-state index in [9.17, 15) is 4.79 Å². The number of nitrogen functional groups attached to an aromatic ring is 1. The molecular weight excluding hydrogens is 246 g/mol. The van der Waals surface area contributed by atoms with Gasteiger partial charge in [0, 0.05) is 18.2 Å². The number of aromatic nitrogens is 3. The molecule has 0 saturated carbocycles. The Morgan fingerprint density at radius 1 is 1.47 bits per heavy atom. The summed E-state index contributed by atoms with van der Waals surface area (Å²) in [5.74, 6) is 0.960. The molecular formula is C12H13N5O2. The smallest absolute Gasteiger partial charge is 0.276 e. The SMILES string of the molecule is Cc1cc(C(=O)N2CCc3c(N)ncnc3C2)no1. The zero-order valence-electron chi connectivity index (χ0n) is 10.5. The summed E-state index contributed by atoms with van der Waals surface area (Å²) in [5.41, 5.74) is 7.85. The van der Waals surface area contributed by atoms with Crippen molar-refractivity contribution in [2.24, 2.45) is 0 Å². The van der Waals surface area contributed by atoms with Crippen molar-refractivity contribution < 1.29 is 9.32 Å². The molecule has 0 atom stereocenters. The van der Waals surface area contributed by atoms with E-state index in [0.717, 1.165) is 11.3 Å². The second-order valence-electron chi connectivity index (χ2n) is 4.48. The Hall–Kier alpha value is -2.44. The lowest BCUT2D eigenvalue weighted by molar-refractivity contribution is 0.0721. The number of nitrogens with two attached hydrogens (primary N) is 1. The Bertz CT molecular complexity index is 637. The van der Waals surface area contributed by atoms with Crippen LogP contribution >= 0.6 is 0 Å². The van der Waals surface area contributed by atoms with Crippen LogP contribution in [0.5, 0.6) is 0 Å². The Balaban J connectivity index is 1.84. The lowest BCUT2D eigenvalue weighted by atomic mass is 10.1. The van der Waals surface area contributed by atoms with E-state index >= 15 is 0 Å². The van der Waals surface area contributed by atoms with Gasteiger partial charge in [0.05, 0.1) is 12.2 Å². The average Bonchev–Trinajstić information content (AvgIpc) is 2.84. The summed E-state index contributed by atoms with van der Waals surface area (Å²) < 4.78 is 4.92. The van der Waals surface area contributed by atoms with Crippen molar-refractivity contribution in [3.63, 3.8) is 0 Å². The van der Waals surface area contributed by atoms with E-state index < -0.39 is 0 Å². The van der Waals surface area contributed by atoms with Crippen LogP contribution in [0.3, 0.4) is 0 Å². The molecule has 7 nitrogen and oxygen atoms in total. The highest BCUT2D eigenvalue weighted by Crippen LogP contribution is 2.21. The van der Waals surface area contributed by atoms with E-state index in [1.807, 2.05) is 0 Å². The fourth-order valence-electron chi connectivity index (χ4n) is 2.18. The summed E-state index contributed by atoms with van der Waals surface area (Å²) in [6.45, 7) is 2.76. The van der Waals surface area contributed by atoms with Crippen LogP contribution in [0.2, 0.25) is 0 Å². The molecule has 19 heavy (non-hydrogen) atoms. The number of carbonyl (C=O) groups excluding carboxylic acids is 1. The van der Waals surface area contributed by atoms with Gasteiger partial charge in [-0.25, -0.2) is 9.97 Å². The van der Waals surface area contributed by atoms with Crippen molar-refractivity contribution in [3.8, 4) is 0 Å². The molecule has 1 aliphatic heterocycles. The van der Waals surface area contributed by atoms with E-state index in [0.29, 0.717) is 36.8 Å². The lowest BCUT2D eigenvalue weighted by Gasteiger charge is -2.27. The van der Waals surface area contributed by atoms with Crippen molar-refractivity contribution in [3.05, 3.63) is 35.1 Å². The molecule has 2 aromatic rings. The van der Waals surface area contributed by atoms with Crippen molar-refractivity contribution in [1.82, 2.24) is 20.0 Å². The van der Waals surface area contributed by atoms with Gasteiger partial charge in [-0.15, -0.1) is 0 Å². The molecule has 3 rings (SSSR count). The van der Waals surface area contributed by atoms with Crippen LogP contribution in [-0.2, 0) is 13.0 Å². The van der Waals surface area contributed by atoms with E-state index in [-0.39, 0.29) is 5.91 Å². The van der Waals surface area contributed by atoms with E-state index in [1.54, 1.807) is 17.9 Å². The van der Waals surface area contributed by atoms with Gasteiger partial charge in [-0.1, -0.05) is 5.16 Å². The molecule has 0 radical (unpaired) electrons. The van der Waals surface area contributed by atoms with Gasteiger partial charge in [0.15, 0.2) is 5.69 Å². The molecule has 1 aliphatic rings. The largest absolute Gasteiger partial charge is 0.383 e. The molecule has 0 unspecified atom stereocenters. The highest BCUT2D eigenvalue weighted by atomic mass is 16.5. The summed E-state index contributed by atoms with van der Waals surface area (Å²) in [4.78, 5) is 22.1. The fraction of sp³-hybridized carbons (Fsp3) is 0.333. The van der Waals surface area contributed by atoms with Gasteiger partial charge in [0.1, 0.15) is 17.9 Å². The molecule has 7 heteroatoms. The van der Waals surface area contributed by atoms with Gasteiger partial charge in [0.25, 0.3) is 5.91 Å². The second kappa shape index (κ2) is 4.34. The number of fused-ring (bicyclic) bond motifs is 1. The minimum absolute atomic E-state index is 0.153. The molecule has 0 saturated heterocycles. The first kappa shape index (κ1) is 11.6. The van der Waals surface area contributed by atoms with Gasteiger partial charge in [-0.05, 0) is 13.3 Å². The van der Waals surface area contributed by atoms with E-state index in [2.05, 4.69) is 15.1 Å². The van der Waals surface area contributed by atoms with Crippen LogP contribution in [-0.4, -0.2) is 32.5 Å². The minimum atomic E-state index is -0.153. The van der Waals surface area contributed by atoms with Gasteiger partial charge < -0.3 is 15.2 Å². The Kier molecular flexibility index (Phi) is 2.66. The number of carbonyl (C=O) groups is 1. The first-order valence-corrected chi connectivity index (χ1v) is 5.96. The molecule has 0 fully saturated rings. The van der Waals surface area contributed by atoms with Gasteiger partial charge in [-0.3, -0.25) is 4.79 Å². The maximum atomic E-state index is 12.2. The monoisotopic (exact) mass is 259 g/mol. The van der Waals surface area contributed by atoms with Gasteiger partial charge >= 0.3 is 0 Å². The van der Waals surface area contributed by atoms with Gasteiger partial charge in [-0.2, -0.15) is 0 Å². The first-order chi connectivity index (χ1) is 9.15. The average molecular weight is 259 g/mol. The number of rotatable bonds is 1. The summed E-state index contributed by atoms with van der Waals surface area (Å²) in [6.07, 6.45) is 2.08. The minimum Gasteiger partial charge on any atom is -0.383 e. The van der Waals surface area contributed by atoms with E-state index in [1.165, 1.54) is 6.33 Å². The Morgan fingerprint density at radius 2 is 2.32 bits per heavy atom. The van der Waals surface area contributed by atoms with Crippen molar-refractivity contribution in [2.75, 3.05) is 12.3 Å². The lowest BCUT2D eigenvalue weighted by Crippen LogP contribution is -2.37. The van der Waals surface area contributed by atoms with Crippen LogP contribution < -0.4 is 5.73 Å². The first-order valence-electron chi connectivity index (χ1n) is 5.96. The molecule has 0 aromatic carbocycles. The molecule has 0 aliphatic carbocycles. The fourth-order valence-corrected chi connectivity index (χ4v) is 2.18. The highest BCUT2D eigenvalue weighted by molar-refractivity contribution is 5.92. The molecule has 98 valence electrons. The topological polar surface area (TPSA) is 98.1 Å². The molecule has 0 bridgehead atoms. The number of hydrogen-bond acceptors (Lipinski definition) is 6. The normalized spacial score (nSPS) is 14.3. The van der Waals surface area contributed by atoms with Crippen molar-refractivity contribution >= 4 is 11.7 Å². The van der Waals surface area contributed by atoms with Crippen molar-refractivity contribution in [2.45, 2.75) is 19.9 Å². The van der Waals surface area contributed by atoms with Crippen LogP contribution in [0.15, 0.2) is 16.9 Å². The Labute approximate surface area is 109 Å². The zero-order chi connectivity index (χ0) is 13.4. The number of hydrogen-bond donors (Lipinski definition) is 1. The van der Waals surface area contributed by atoms with Crippen molar-refractivity contribution in [1.29, 1.82) is 0 Å². The molecule has 2 aromatic heterocycles. The summed E-state index contributed by atoms with van der Waals surface area (Å²) in [5, 5.41) is 3.74. The maximum Gasteiger partial charge on any atom is 0.276 e. The summed E-state index contributed by atoms with van der Waals surface area (Å²) in [6, 6.07) is 1.63. The molecule has 1 amide bonds. The predicted octanol–water partition coefficient (Wildman–Crippen LogP) is 0.554. The third-order valence-corrected chi connectivity index (χ3v) is 3.17. The van der Waals surface area contributed by atoms with Crippen LogP contribution in [0, 0.1) is 6.92 Å². The molecule has 2 N–H and O–H groups in total. The highest BCUT2D eigenvalue weighted by Gasteiger charge is 2.25. The number of nitrogens with zero attached hydrogens (tertiary/aromatic N) is 4. The van der Waals surface area contributed by atoms with Crippen LogP contribution in [0.25, 0.3) is 0 Å². The second-order valence-corrected chi connectivity index (χ2v) is 4.48. The standard InChI is InChI=1S/C12H13N5O2/c1-7-4-9(16-19-7)12(18)17-3-2-8-10(5-17)14-6-15-11(8)13/h4,6H,2-3,5H2,1H3,(H2,13,14,15). The molecule has 0 spiro atoms. The third kappa shape index (κ3) is 2.03. The quantitative estimate of drug-likeness (QED) is 0.803. The third-order valence-electron chi connectivity index (χ3n) is 3.17. The predicted molar refractivity (Wildman–Crippen MR) is 66.1 cm³/mol. The van der Waals surface area contributed by atoms with Crippen LogP contribution in [0.1, 0.15) is 27.5 Å². The molecule has 3 heterocycles. The number of anilines is 1. The number of aryl methyl sites for hydroxylation is 1. The summed E-state index contributed by atoms with van der Waals surface area (Å²) >= 11 is 0. The van der Waals surface area contributed by atoms with E-state index in [4.69, 9.17) is 10.3 Å². The maximum absolute atomic E-state index is 12.2. The zero-order valence-corrected chi connectivity index (χ0v) is 10.5. The Morgan fingerprint density at radius 3 is 3.05 bits per heavy atom. The number of amides is 1. The summed E-state index contributed by atoms with van der Waals surface area (Å²) in [7, 11) is 0.